The zero-order valence-corrected chi connectivity index (χ0v) is 10.9. The summed E-state index contributed by atoms with van der Waals surface area (Å²) in [5.74, 6) is -0.194. The van der Waals surface area contributed by atoms with E-state index in [4.69, 9.17) is 10.8 Å². The second-order valence-corrected chi connectivity index (χ2v) is 4.59. The van der Waals surface area contributed by atoms with Crippen LogP contribution in [-0.4, -0.2) is 35.6 Å². The average Bonchev–Trinajstić information content (AvgIpc) is 2.29. The Bertz CT molecular complexity index is 396. The quantitative estimate of drug-likeness (QED) is 0.828. The van der Waals surface area contributed by atoms with Crippen LogP contribution in [0.5, 0.6) is 0 Å². The fraction of sp³-hybridized carbons (Fsp3) is 0.364. The van der Waals surface area contributed by atoms with Crippen molar-refractivity contribution in [3.63, 3.8) is 0 Å². The summed E-state index contributed by atoms with van der Waals surface area (Å²) in [7, 11) is 1.64. The van der Waals surface area contributed by atoms with E-state index in [2.05, 4.69) is 15.9 Å². The second kappa shape index (κ2) is 5.32. The van der Waals surface area contributed by atoms with Gasteiger partial charge in [0.2, 0.25) is 0 Å². The molecule has 5 heteroatoms. The maximum atomic E-state index is 12.0. The Balaban J connectivity index is 3.00. The molecule has 1 aromatic rings. The highest BCUT2D eigenvalue weighted by molar-refractivity contribution is 9.10. The number of anilines is 1. The lowest BCUT2D eigenvalue weighted by atomic mass is 10.1. The van der Waals surface area contributed by atoms with E-state index in [9.17, 15) is 4.79 Å². The minimum Gasteiger partial charge on any atom is -0.398 e. The van der Waals surface area contributed by atoms with Crippen LogP contribution in [0.1, 0.15) is 17.3 Å². The van der Waals surface area contributed by atoms with E-state index < -0.39 is 0 Å². The third-order valence-corrected chi connectivity index (χ3v) is 2.98. The smallest absolute Gasteiger partial charge is 0.256 e. The Morgan fingerprint density at radius 1 is 1.62 bits per heavy atom. The van der Waals surface area contributed by atoms with E-state index in [1.807, 2.05) is 0 Å². The molecule has 0 aliphatic rings. The molecule has 1 aromatic carbocycles. The zero-order valence-electron chi connectivity index (χ0n) is 9.27. The van der Waals surface area contributed by atoms with Crippen molar-refractivity contribution in [3.8, 4) is 0 Å². The van der Waals surface area contributed by atoms with Crippen molar-refractivity contribution in [1.29, 1.82) is 0 Å². The first-order valence-corrected chi connectivity index (χ1v) is 5.69. The zero-order chi connectivity index (χ0) is 12.3. The molecule has 1 amide bonds. The van der Waals surface area contributed by atoms with Crippen LogP contribution in [-0.2, 0) is 0 Å². The lowest BCUT2D eigenvalue weighted by Crippen LogP contribution is -2.37. The highest BCUT2D eigenvalue weighted by Crippen LogP contribution is 2.20. The van der Waals surface area contributed by atoms with Gasteiger partial charge in [-0.15, -0.1) is 0 Å². The van der Waals surface area contributed by atoms with E-state index in [1.165, 1.54) is 4.90 Å². The maximum absolute atomic E-state index is 12.0. The summed E-state index contributed by atoms with van der Waals surface area (Å²) in [5, 5.41) is 8.99. The monoisotopic (exact) mass is 286 g/mol. The summed E-state index contributed by atoms with van der Waals surface area (Å²) in [5.41, 5.74) is 6.62. The van der Waals surface area contributed by atoms with Crippen LogP contribution < -0.4 is 5.73 Å². The largest absolute Gasteiger partial charge is 0.398 e. The van der Waals surface area contributed by atoms with Crippen molar-refractivity contribution >= 4 is 27.5 Å². The number of carbonyl (C=O) groups excluding carboxylic acids is 1. The molecule has 0 bridgehead atoms. The number of likely N-dealkylation sites (N-methyl/N-ethyl adjacent to an activating group) is 1. The molecule has 0 aliphatic heterocycles. The van der Waals surface area contributed by atoms with Crippen molar-refractivity contribution in [1.82, 2.24) is 4.90 Å². The number of rotatable bonds is 3. The van der Waals surface area contributed by atoms with Crippen molar-refractivity contribution < 1.29 is 9.90 Å². The number of hydrogen-bond donors (Lipinski definition) is 2. The fourth-order valence-corrected chi connectivity index (χ4v) is 1.59. The number of nitrogens with zero attached hydrogens (tertiary/aromatic N) is 1. The molecule has 0 saturated carbocycles. The van der Waals surface area contributed by atoms with Crippen LogP contribution in [0.3, 0.4) is 0 Å². The Hall–Kier alpha value is -1.07. The number of aliphatic hydroxyl groups is 1. The van der Waals surface area contributed by atoms with Gasteiger partial charge in [0.25, 0.3) is 5.91 Å². The number of nitrogen functional groups attached to an aromatic ring is 1. The summed E-state index contributed by atoms with van der Waals surface area (Å²) in [6.07, 6.45) is 0. The van der Waals surface area contributed by atoms with E-state index in [-0.39, 0.29) is 18.6 Å². The van der Waals surface area contributed by atoms with Crippen molar-refractivity contribution in [3.05, 3.63) is 28.2 Å². The summed E-state index contributed by atoms with van der Waals surface area (Å²) in [6.45, 7) is 1.70. The van der Waals surface area contributed by atoms with Gasteiger partial charge in [-0.1, -0.05) is 15.9 Å². The third kappa shape index (κ3) is 2.74. The van der Waals surface area contributed by atoms with Gasteiger partial charge in [0.05, 0.1) is 18.2 Å². The van der Waals surface area contributed by atoms with Crippen LogP contribution in [0.4, 0.5) is 5.69 Å². The molecule has 88 valence electrons. The molecule has 1 atom stereocenters. The highest BCUT2D eigenvalue weighted by atomic mass is 79.9. The topological polar surface area (TPSA) is 66.6 Å². The van der Waals surface area contributed by atoms with Crippen molar-refractivity contribution in [2.24, 2.45) is 0 Å². The Kier molecular flexibility index (Phi) is 4.32. The molecule has 0 saturated heterocycles. The third-order valence-electron chi connectivity index (χ3n) is 2.49. The van der Waals surface area contributed by atoms with Gasteiger partial charge in [-0.2, -0.15) is 0 Å². The molecule has 0 spiro atoms. The van der Waals surface area contributed by atoms with Gasteiger partial charge in [-0.3, -0.25) is 4.79 Å². The number of amides is 1. The molecule has 0 aromatic heterocycles. The predicted octanol–water partition coefficient (Wildman–Crippen LogP) is 1.48. The minimum atomic E-state index is -0.231. The van der Waals surface area contributed by atoms with Gasteiger partial charge in [-0.25, -0.2) is 0 Å². The minimum absolute atomic E-state index is 0.0733. The normalized spacial score (nSPS) is 12.2. The van der Waals surface area contributed by atoms with Gasteiger partial charge >= 0.3 is 0 Å². The molecule has 0 fully saturated rings. The van der Waals surface area contributed by atoms with E-state index in [1.54, 1.807) is 32.2 Å². The summed E-state index contributed by atoms with van der Waals surface area (Å²) >= 11 is 3.29. The van der Waals surface area contributed by atoms with Crippen LogP contribution >= 0.6 is 15.9 Å². The van der Waals surface area contributed by atoms with E-state index >= 15 is 0 Å². The first kappa shape index (κ1) is 13.0. The van der Waals surface area contributed by atoms with Crippen molar-refractivity contribution in [2.45, 2.75) is 13.0 Å². The molecule has 1 rings (SSSR count). The number of aliphatic hydroxyl groups excluding tert-OH is 1. The maximum Gasteiger partial charge on any atom is 0.256 e. The predicted molar refractivity (Wildman–Crippen MR) is 67.2 cm³/mol. The average molecular weight is 287 g/mol. The lowest BCUT2D eigenvalue weighted by Gasteiger charge is -2.23. The SMILES string of the molecule is CC(CO)N(C)C(=O)c1cc(Br)ccc1N. The molecule has 0 radical (unpaired) electrons. The van der Waals surface area contributed by atoms with Crippen LogP contribution in [0.25, 0.3) is 0 Å². The van der Waals surface area contributed by atoms with Crippen LogP contribution in [0.2, 0.25) is 0 Å². The molecule has 1 unspecified atom stereocenters. The molecule has 16 heavy (non-hydrogen) atoms. The first-order valence-electron chi connectivity index (χ1n) is 4.90. The fourth-order valence-electron chi connectivity index (χ4n) is 1.23. The number of benzene rings is 1. The second-order valence-electron chi connectivity index (χ2n) is 3.68. The Labute approximate surface area is 103 Å². The van der Waals surface area contributed by atoms with Gasteiger partial charge in [0, 0.05) is 17.2 Å². The number of halogens is 1. The summed E-state index contributed by atoms with van der Waals surface area (Å²) in [4.78, 5) is 13.5. The molecule has 0 aliphatic carbocycles. The standard InChI is InChI=1S/C11H15BrN2O2/c1-7(6-15)14(2)11(16)9-5-8(12)3-4-10(9)13/h3-5,7,15H,6,13H2,1-2H3. The summed E-state index contributed by atoms with van der Waals surface area (Å²) in [6, 6.07) is 4.90. The van der Waals surface area contributed by atoms with Gasteiger partial charge < -0.3 is 15.7 Å². The molecular formula is C11H15BrN2O2. The number of carbonyl (C=O) groups is 1. The molecule has 3 N–H and O–H groups in total. The number of hydrogen-bond acceptors (Lipinski definition) is 3. The Morgan fingerprint density at radius 2 is 2.25 bits per heavy atom. The molecule has 0 heterocycles. The molecular weight excluding hydrogens is 272 g/mol. The van der Waals surface area contributed by atoms with Crippen LogP contribution in [0, 0.1) is 0 Å². The Morgan fingerprint density at radius 3 is 2.81 bits per heavy atom. The lowest BCUT2D eigenvalue weighted by molar-refractivity contribution is 0.0683. The van der Waals surface area contributed by atoms with Crippen LogP contribution in [0.15, 0.2) is 22.7 Å². The van der Waals surface area contributed by atoms with Gasteiger partial charge in [-0.05, 0) is 25.1 Å². The van der Waals surface area contributed by atoms with E-state index in [0.29, 0.717) is 11.3 Å². The van der Waals surface area contributed by atoms with E-state index in [0.717, 1.165) is 4.47 Å². The number of nitrogens with two attached hydrogens (primary N) is 1. The van der Waals surface area contributed by atoms with Gasteiger partial charge in [0.1, 0.15) is 0 Å². The van der Waals surface area contributed by atoms with Crippen molar-refractivity contribution in [2.75, 3.05) is 19.4 Å². The van der Waals surface area contributed by atoms with Gasteiger partial charge in [0.15, 0.2) is 0 Å². The first-order chi connectivity index (χ1) is 7.47. The summed E-state index contributed by atoms with van der Waals surface area (Å²) < 4.78 is 0.801. The highest BCUT2D eigenvalue weighted by Gasteiger charge is 2.18. The molecule has 4 nitrogen and oxygen atoms in total.